The van der Waals surface area contributed by atoms with E-state index in [0.717, 1.165) is 70.0 Å². The largest absolute Gasteiger partial charge is 0.478 e. The molecule has 0 atom stereocenters. The second kappa shape index (κ2) is 8.63. The van der Waals surface area contributed by atoms with E-state index in [0.29, 0.717) is 5.82 Å². The fourth-order valence-corrected chi connectivity index (χ4v) is 5.38. The van der Waals surface area contributed by atoms with Gasteiger partial charge < -0.3 is 10.0 Å². The van der Waals surface area contributed by atoms with Crippen LogP contribution in [-0.4, -0.2) is 37.6 Å². The van der Waals surface area contributed by atoms with Crippen molar-refractivity contribution in [3.63, 3.8) is 0 Å². The number of sulfonamides is 1. The number of rotatable bonds is 5. The molecular formula is C22H27N3O4S. The molecule has 1 fully saturated rings. The maximum absolute atomic E-state index is 12.9. The minimum Gasteiger partial charge on any atom is -0.478 e. The van der Waals surface area contributed by atoms with Crippen molar-refractivity contribution in [3.05, 3.63) is 47.2 Å². The molecule has 7 nitrogen and oxygen atoms in total. The fraction of sp³-hybridized carbons (Fsp3) is 0.455. The molecule has 1 aliphatic heterocycles. The van der Waals surface area contributed by atoms with Gasteiger partial charge in [0.05, 0.1) is 16.8 Å². The number of aromatic carboxylic acids is 1. The van der Waals surface area contributed by atoms with Gasteiger partial charge in [-0.05, 0) is 67.9 Å². The van der Waals surface area contributed by atoms with Crippen LogP contribution in [-0.2, 0) is 22.9 Å². The number of hydrogen-bond acceptors (Lipinski definition) is 5. The summed E-state index contributed by atoms with van der Waals surface area (Å²) in [5, 5.41) is 9.69. The molecule has 0 bridgehead atoms. The van der Waals surface area contributed by atoms with Crippen molar-refractivity contribution in [1.82, 2.24) is 4.98 Å². The third-order valence-electron chi connectivity index (χ3n) is 5.89. The molecule has 0 amide bonds. The molecule has 0 spiro atoms. The number of aryl methyl sites for hydroxylation is 2. The lowest BCUT2D eigenvalue weighted by atomic mass is 9.92. The monoisotopic (exact) mass is 429 g/mol. The van der Waals surface area contributed by atoms with E-state index in [1.165, 1.54) is 17.8 Å². The maximum Gasteiger partial charge on any atom is 0.339 e. The van der Waals surface area contributed by atoms with Crippen molar-refractivity contribution in [3.8, 4) is 0 Å². The van der Waals surface area contributed by atoms with E-state index in [-0.39, 0.29) is 16.1 Å². The number of anilines is 2. The van der Waals surface area contributed by atoms with Crippen molar-refractivity contribution in [2.24, 2.45) is 0 Å². The molecule has 8 heteroatoms. The summed E-state index contributed by atoms with van der Waals surface area (Å²) in [5.74, 6) is -0.710. The van der Waals surface area contributed by atoms with Crippen LogP contribution in [0.3, 0.4) is 0 Å². The van der Waals surface area contributed by atoms with Gasteiger partial charge in [-0.25, -0.2) is 18.2 Å². The van der Waals surface area contributed by atoms with Gasteiger partial charge >= 0.3 is 5.97 Å². The Morgan fingerprint density at radius 3 is 2.37 bits per heavy atom. The Hall–Kier alpha value is -2.61. The number of hydrogen-bond donors (Lipinski definition) is 2. The van der Waals surface area contributed by atoms with Crippen molar-refractivity contribution in [2.45, 2.75) is 56.3 Å². The average molecular weight is 430 g/mol. The number of carbonyl (C=O) groups is 1. The Bertz CT molecular complexity index is 1040. The molecule has 2 aliphatic rings. The molecule has 2 N–H and O–H groups in total. The van der Waals surface area contributed by atoms with Crippen LogP contribution in [0.4, 0.5) is 11.5 Å². The zero-order chi connectivity index (χ0) is 21.1. The van der Waals surface area contributed by atoms with Crippen LogP contribution in [0.2, 0.25) is 0 Å². The predicted molar refractivity (Wildman–Crippen MR) is 116 cm³/mol. The lowest BCUT2D eigenvalue weighted by Crippen LogP contribution is -2.27. The SMILES string of the molecule is O=C(O)c1cc(NS(=O)(=O)c2ccc3c(c2)CCCC3)cnc1N1CCCCCC1. The summed E-state index contributed by atoms with van der Waals surface area (Å²) in [5.41, 5.74) is 2.45. The first-order chi connectivity index (χ1) is 14.4. The van der Waals surface area contributed by atoms with Gasteiger partial charge in [-0.2, -0.15) is 0 Å². The van der Waals surface area contributed by atoms with Crippen LogP contribution >= 0.6 is 0 Å². The first kappa shape index (κ1) is 20.7. The highest BCUT2D eigenvalue weighted by atomic mass is 32.2. The number of benzene rings is 1. The standard InChI is InChI=1S/C22H27N3O4S/c26-22(27)20-14-18(15-23-21(20)25-11-5-1-2-6-12-25)24-30(28,29)19-10-9-16-7-3-4-8-17(16)13-19/h9-10,13-15,24H,1-8,11-12H2,(H,26,27). The molecule has 0 saturated carbocycles. The topological polar surface area (TPSA) is 99.6 Å². The summed E-state index contributed by atoms with van der Waals surface area (Å²) in [6.45, 7) is 1.51. The van der Waals surface area contributed by atoms with Gasteiger partial charge in [0.15, 0.2) is 0 Å². The van der Waals surface area contributed by atoms with Crippen LogP contribution in [0.1, 0.15) is 60.0 Å². The van der Waals surface area contributed by atoms with Crippen LogP contribution in [0.15, 0.2) is 35.4 Å². The van der Waals surface area contributed by atoms with E-state index in [1.54, 1.807) is 12.1 Å². The molecule has 1 saturated heterocycles. The van der Waals surface area contributed by atoms with Crippen LogP contribution in [0, 0.1) is 0 Å². The second-order valence-electron chi connectivity index (χ2n) is 8.04. The van der Waals surface area contributed by atoms with E-state index in [9.17, 15) is 18.3 Å². The Balaban J connectivity index is 1.61. The third-order valence-corrected chi connectivity index (χ3v) is 7.26. The highest BCUT2D eigenvalue weighted by Crippen LogP contribution is 2.27. The Morgan fingerprint density at radius 2 is 1.67 bits per heavy atom. The lowest BCUT2D eigenvalue weighted by Gasteiger charge is -2.23. The van der Waals surface area contributed by atoms with E-state index in [4.69, 9.17) is 0 Å². The number of carboxylic acid groups (broad SMARTS) is 1. The van der Waals surface area contributed by atoms with Crippen molar-refractivity contribution in [1.29, 1.82) is 0 Å². The van der Waals surface area contributed by atoms with Gasteiger partial charge in [0.1, 0.15) is 11.4 Å². The summed E-state index contributed by atoms with van der Waals surface area (Å²) in [6, 6.07) is 6.59. The molecule has 30 heavy (non-hydrogen) atoms. The highest BCUT2D eigenvalue weighted by Gasteiger charge is 2.22. The number of aromatic nitrogens is 1. The fourth-order valence-electron chi connectivity index (χ4n) is 4.30. The van der Waals surface area contributed by atoms with Gasteiger partial charge in [-0.3, -0.25) is 4.72 Å². The van der Waals surface area contributed by atoms with Crippen LogP contribution in [0.5, 0.6) is 0 Å². The summed E-state index contributed by atoms with van der Waals surface area (Å²) >= 11 is 0. The molecule has 1 aromatic carbocycles. The third kappa shape index (κ3) is 4.43. The van der Waals surface area contributed by atoms with Crippen LogP contribution < -0.4 is 9.62 Å². The second-order valence-corrected chi connectivity index (χ2v) is 9.73. The zero-order valence-electron chi connectivity index (χ0n) is 16.9. The summed E-state index contributed by atoms with van der Waals surface area (Å²) in [4.78, 5) is 18.4. The summed E-state index contributed by atoms with van der Waals surface area (Å²) < 4.78 is 28.3. The molecule has 0 unspecified atom stereocenters. The van der Waals surface area contributed by atoms with E-state index in [2.05, 4.69) is 9.71 Å². The maximum atomic E-state index is 12.9. The van der Waals surface area contributed by atoms with Crippen molar-refractivity contribution < 1.29 is 18.3 Å². The number of pyridine rings is 1. The molecule has 2 heterocycles. The predicted octanol–water partition coefficient (Wildman–Crippen LogP) is 3.84. The molecular weight excluding hydrogens is 402 g/mol. The Kier molecular flexibility index (Phi) is 5.94. The molecule has 1 aromatic heterocycles. The van der Waals surface area contributed by atoms with Gasteiger partial charge in [0.25, 0.3) is 10.0 Å². The molecule has 1 aliphatic carbocycles. The first-order valence-corrected chi connectivity index (χ1v) is 12.1. The summed E-state index contributed by atoms with van der Waals surface area (Å²) in [7, 11) is -3.83. The number of nitrogens with zero attached hydrogens (tertiary/aromatic N) is 2. The number of carboxylic acids is 1. The minimum atomic E-state index is -3.83. The van der Waals surface area contributed by atoms with E-state index in [1.807, 2.05) is 11.0 Å². The Morgan fingerprint density at radius 1 is 0.967 bits per heavy atom. The normalized spacial score (nSPS) is 17.1. The first-order valence-electron chi connectivity index (χ1n) is 10.6. The smallest absolute Gasteiger partial charge is 0.339 e. The quantitative estimate of drug-likeness (QED) is 0.749. The van der Waals surface area contributed by atoms with Gasteiger partial charge in [-0.1, -0.05) is 18.9 Å². The van der Waals surface area contributed by atoms with Gasteiger partial charge in [0.2, 0.25) is 0 Å². The van der Waals surface area contributed by atoms with Gasteiger partial charge in [0, 0.05) is 13.1 Å². The van der Waals surface area contributed by atoms with Crippen molar-refractivity contribution in [2.75, 3.05) is 22.7 Å². The molecule has 160 valence electrons. The molecule has 2 aromatic rings. The van der Waals surface area contributed by atoms with E-state index >= 15 is 0 Å². The highest BCUT2D eigenvalue weighted by molar-refractivity contribution is 7.92. The molecule has 4 rings (SSSR count). The summed E-state index contributed by atoms with van der Waals surface area (Å²) in [6.07, 6.45) is 9.69. The minimum absolute atomic E-state index is 0.0162. The van der Waals surface area contributed by atoms with Gasteiger partial charge in [-0.15, -0.1) is 0 Å². The van der Waals surface area contributed by atoms with E-state index < -0.39 is 16.0 Å². The average Bonchev–Trinajstić information content (AvgIpc) is 3.02. The number of fused-ring (bicyclic) bond motifs is 1. The molecule has 0 radical (unpaired) electrons. The lowest BCUT2D eigenvalue weighted by molar-refractivity contribution is 0.0697. The Labute approximate surface area is 177 Å². The van der Waals surface area contributed by atoms with Crippen LogP contribution in [0.25, 0.3) is 0 Å². The van der Waals surface area contributed by atoms with Crippen molar-refractivity contribution >= 4 is 27.5 Å². The zero-order valence-corrected chi connectivity index (χ0v) is 17.7. The number of nitrogens with one attached hydrogen (secondary N) is 1.